The zero-order valence-corrected chi connectivity index (χ0v) is 9.40. The average molecular weight is 329 g/mol. The van der Waals surface area contributed by atoms with Gasteiger partial charge in [0.25, 0.3) is 0 Å². The lowest BCUT2D eigenvalue weighted by Crippen LogP contribution is -2.66. The van der Waals surface area contributed by atoms with E-state index in [9.17, 15) is 39.5 Å². The molecule has 0 bridgehead atoms. The second-order valence-electron chi connectivity index (χ2n) is 3.00. The Bertz CT molecular complexity index is 302. The Hall–Kier alpha value is -0.310. The Kier molecular flexibility index (Phi) is 4.91. The maximum absolute atomic E-state index is 13.1. The van der Waals surface area contributed by atoms with Gasteiger partial charge in [0.15, 0.2) is 6.17 Å². The Morgan fingerprint density at radius 3 is 1.50 bits per heavy atom. The fraction of sp³-hybridized carbons (Fsp3) is 0.714. The molecule has 108 valence electrons. The van der Waals surface area contributed by atoms with E-state index >= 15 is 0 Å². The van der Waals surface area contributed by atoms with E-state index in [0.717, 1.165) is 0 Å². The van der Waals surface area contributed by atoms with E-state index in [1.54, 1.807) is 0 Å². The zero-order valence-electron chi connectivity index (χ0n) is 7.89. The molecule has 0 amide bonds. The average Bonchev–Trinajstić information content (AvgIpc) is 2.12. The summed E-state index contributed by atoms with van der Waals surface area (Å²) in [6.45, 7) is 0. The van der Waals surface area contributed by atoms with Gasteiger partial charge in [-0.3, -0.25) is 0 Å². The molecule has 0 saturated carbocycles. The standard InChI is InChI=1S/C7H3Cl2F9/c8-2-1-3(10)4(11,12)5(13,6(9,14)15)7(16,17)18/h1-3H. The van der Waals surface area contributed by atoms with Crippen LogP contribution in [0.5, 0.6) is 0 Å². The highest BCUT2D eigenvalue weighted by atomic mass is 35.5. The van der Waals surface area contributed by atoms with Crippen LogP contribution in [0.1, 0.15) is 0 Å². The van der Waals surface area contributed by atoms with Crippen LogP contribution in [0.15, 0.2) is 11.6 Å². The van der Waals surface area contributed by atoms with Crippen molar-refractivity contribution in [3.8, 4) is 0 Å². The molecule has 0 nitrogen and oxygen atoms in total. The van der Waals surface area contributed by atoms with Crippen molar-refractivity contribution in [2.45, 2.75) is 29.3 Å². The van der Waals surface area contributed by atoms with E-state index in [4.69, 9.17) is 0 Å². The first-order chi connectivity index (χ1) is 7.73. The quantitative estimate of drug-likeness (QED) is 0.513. The monoisotopic (exact) mass is 328 g/mol. The summed E-state index contributed by atoms with van der Waals surface area (Å²) >= 11 is 8.32. The van der Waals surface area contributed by atoms with Gasteiger partial charge in [0.05, 0.1) is 0 Å². The van der Waals surface area contributed by atoms with E-state index in [2.05, 4.69) is 23.2 Å². The maximum atomic E-state index is 13.1. The predicted molar refractivity (Wildman–Crippen MR) is 45.5 cm³/mol. The van der Waals surface area contributed by atoms with Gasteiger partial charge in [-0.2, -0.15) is 30.7 Å². The number of hydrogen-bond donors (Lipinski definition) is 0. The summed E-state index contributed by atoms with van der Waals surface area (Å²) in [4.78, 5) is 0. The Balaban J connectivity index is 5.91. The van der Waals surface area contributed by atoms with Crippen LogP contribution in [-0.4, -0.2) is 29.3 Å². The second kappa shape index (κ2) is 4.99. The number of rotatable bonds is 4. The summed E-state index contributed by atoms with van der Waals surface area (Å²) in [7, 11) is 0. The Morgan fingerprint density at radius 2 is 1.28 bits per heavy atom. The summed E-state index contributed by atoms with van der Waals surface area (Å²) in [5.74, 6) is -6.18. The van der Waals surface area contributed by atoms with Gasteiger partial charge in [-0.1, -0.05) is 11.6 Å². The van der Waals surface area contributed by atoms with E-state index < -0.39 is 35.4 Å². The topological polar surface area (TPSA) is 0 Å². The Morgan fingerprint density at radius 1 is 0.889 bits per heavy atom. The van der Waals surface area contributed by atoms with Crippen molar-refractivity contribution < 1.29 is 39.5 Å². The van der Waals surface area contributed by atoms with Crippen LogP contribution in [0, 0.1) is 0 Å². The first-order valence-electron chi connectivity index (χ1n) is 3.84. The molecular weight excluding hydrogens is 326 g/mol. The van der Waals surface area contributed by atoms with E-state index in [0.29, 0.717) is 0 Å². The SMILES string of the molecule is FC(C=CCl)C(F)(F)C(F)(C(F)(F)F)C(F)(F)Cl. The molecule has 0 radical (unpaired) electrons. The molecule has 0 heterocycles. The molecule has 18 heavy (non-hydrogen) atoms. The minimum absolute atomic E-state index is 0.0122. The third-order valence-electron chi connectivity index (χ3n) is 1.83. The van der Waals surface area contributed by atoms with Crippen LogP contribution in [0.2, 0.25) is 0 Å². The summed E-state index contributed by atoms with van der Waals surface area (Å²) in [5.41, 5.74) is -6.61. The number of alkyl halides is 10. The molecule has 0 aromatic rings. The normalized spacial score (nSPS) is 19.9. The third kappa shape index (κ3) is 2.66. The van der Waals surface area contributed by atoms with Gasteiger partial charge in [-0.15, -0.1) is 0 Å². The van der Waals surface area contributed by atoms with Gasteiger partial charge in [0.1, 0.15) is 0 Å². The van der Waals surface area contributed by atoms with Crippen molar-refractivity contribution in [2.24, 2.45) is 0 Å². The highest BCUT2D eigenvalue weighted by Gasteiger charge is 2.84. The molecule has 2 unspecified atom stereocenters. The molecular formula is C7H3Cl2F9. The van der Waals surface area contributed by atoms with Gasteiger partial charge < -0.3 is 0 Å². The van der Waals surface area contributed by atoms with Crippen molar-refractivity contribution in [1.82, 2.24) is 0 Å². The van der Waals surface area contributed by atoms with Crippen molar-refractivity contribution >= 4 is 23.2 Å². The molecule has 0 N–H and O–H groups in total. The molecule has 0 aliphatic heterocycles. The van der Waals surface area contributed by atoms with E-state index in [1.165, 1.54) is 0 Å². The van der Waals surface area contributed by atoms with E-state index in [1.807, 2.05) is 0 Å². The summed E-state index contributed by atoms with van der Waals surface area (Å²) < 4.78 is 112. The number of halogens is 11. The number of allylic oxidation sites excluding steroid dienone is 1. The highest BCUT2D eigenvalue weighted by molar-refractivity contribution is 6.25. The van der Waals surface area contributed by atoms with Gasteiger partial charge in [-0.25, -0.2) is 8.78 Å². The molecule has 0 aliphatic carbocycles. The zero-order chi connectivity index (χ0) is 15.0. The molecule has 0 spiro atoms. The van der Waals surface area contributed by atoms with Gasteiger partial charge in [-0.05, 0) is 17.7 Å². The lowest BCUT2D eigenvalue weighted by Gasteiger charge is -2.37. The first-order valence-corrected chi connectivity index (χ1v) is 4.66. The van der Waals surface area contributed by atoms with E-state index in [-0.39, 0.29) is 5.54 Å². The van der Waals surface area contributed by atoms with Crippen molar-refractivity contribution in [3.63, 3.8) is 0 Å². The van der Waals surface area contributed by atoms with Crippen molar-refractivity contribution in [1.29, 1.82) is 0 Å². The molecule has 0 saturated heterocycles. The van der Waals surface area contributed by atoms with Crippen LogP contribution in [0.4, 0.5) is 39.5 Å². The number of hydrogen-bond acceptors (Lipinski definition) is 0. The summed E-state index contributed by atoms with van der Waals surface area (Å²) in [6.07, 6.45) is -11.3. The van der Waals surface area contributed by atoms with Gasteiger partial charge in [0.2, 0.25) is 0 Å². The highest BCUT2D eigenvalue weighted by Crippen LogP contribution is 2.57. The molecule has 0 aromatic heterocycles. The smallest absolute Gasteiger partial charge is 0.236 e. The fourth-order valence-corrected chi connectivity index (χ4v) is 1.27. The summed E-state index contributed by atoms with van der Waals surface area (Å²) in [6, 6.07) is 0. The van der Waals surface area contributed by atoms with Crippen LogP contribution >= 0.6 is 23.2 Å². The molecule has 2 atom stereocenters. The van der Waals surface area contributed by atoms with Crippen LogP contribution in [0.25, 0.3) is 0 Å². The lowest BCUT2D eigenvalue weighted by molar-refractivity contribution is -0.354. The molecule has 0 aliphatic rings. The van der Waals surface area contributed by atoms with Crippen molar-refractivity contribution in [2.75, 3.05) is 0 Å². The summed E-state index contributed by atoms with van der Waals surface area (Å²) in [5, 5.41) is -6.08. The third-order valence-corrected chi connectivity index (χ3v) is 2.23. The molecule has 0 fully saturated rings. The lowest BCUT2D eigenvalue weighted by atomic mass is 9.93. The van der Waals surface area contributed by atoms with Gasteiger partial charge in [0, 0.05) is 5.54 Å². The van der Waals surface area contributed by atoms with Crippen LogP contribution in [-0.2, 0) is 0 Å². The van der Waals surface area contributed by atoms with Crippen LogP contribution < -0.4 is 0 Å². The minimum Gasteiger partial charge on any atom is -0.236 e. The fourth-order valence-electron chi connectivity index (χ4n) is 0.913. The molecule has 0 rings (SSSR count). The first kappa shape index (κ1) is 17.7. The second-order valence-corrected chi connectivity index (χ2v) is 3.72. The van der Waals surface area contributed by atoms with Crippen LogP contribution in [0.3, 0.4) is 0 Å². The predicted octanol–water partition coefficient (Wildman–Crippen LogP) is 4.81. The molecule has 11 heteroatoms. The Labute approximate surface area is 104 Å². The molecule has 0 aromatic carbocycles. The minimum atomic E-state index is -6.81. The van der Waals surface area contributed by atoms with Gasteiger partial charge >= 0.3 is 23.1 Å². The van der Waals surface area contributed by atoms with Crippen molar-refractivity contribution in [3.05, 3.63) is 11.6 Å². The maximum Gasteiger partial charge on any atom is 0.436 e. The largest absolute Gasteiger partial charge is 0.436 e.